The van der Waals surface area contributed by atoms with E-state index >= 15 is 0 Å². The normalized spacial score (nSPS) is 12.6. The van der Waals surface area contributed by atoms with E-state index in [2.05, 4.69) is 9.97 Å². The van der Waals surface area contributed by atoms with Crippen LogP contribution in [0, 0.1) is 0 Å². The van der Waals surface area contributed by atoms with Crippen molar-refractivity contribution in [1.82, 2.24) is 9.97 Å². The van der Waals surface area contributed by atoms with Crippen molar-refractivity contribution in [2.75, 3.05) is 7.11 Å². The van der Waals surface area contributed by atoms with Gasteiger partial charge in [-0.25, -0.2) is 9.97 Å². The molecule has 0 saturated heterocycles. The summed E-state index contributed by atoms with van der Waals surface area (Å²) < 4.78 is 4.90. The first kappa shape index (κ1) is 7.94. The number of ether oxygens (including phenoxy) is 1. The maximum atomic E-state index is 5.59. The van der Waals surface area contributed by atoms with Crippen molar-refractivity contribution in [2.24, 2.45) is 5.73 Å². The first-order chi connectivity index (χ1) is 5.24. The van der Waals surface area contributed by atoms with Crippen molar-refractivity contribution in [2.45, 2.75) is 13.0 Å². The summed E-state index contributed by atoms with van der Waals surface area (Å²) in [7, 11) is 1.56. The Balaban J connectivity index is 2.91. The summed E-state index contributed by atoms with van der Waals surface area (Å²) >= 11 is 0. The van der Waals surface area contributed by atoms with Gasteiger partial charge in [-0.1, -0.05) is 0 Å². The van der Waals surface area contributed by atoms with Crippen LogP contribution in [0.1, 0.15) is 18.7 Å². The lowest BCUT2D eigenvalue weighted by Crippen LogP contribution is -2.07. The zero-order valence-electron chi connectivity index (χ0n) is 6.61. The highest BCUT2D eigenvalue weighted by Crippen LogP contribution is 2.10. The molecule has 1 heterocycles. The van der Waals surface area contributed by atoms with E-state index in [0.29, 0.717) is 5.88 Å². The number of aromatic nitrogens is 2. The molecule has 0 aromatic carbocycles. The van der Waals surface area contributed by atoms with Crippen LogP contribution in [-0.2, 0) is 0 Å². The van der Waals surface area contributed by atoms with Crippen molar-refractivity contribution in [1.29, 1.82) is 0 Å². The summed E-state index contributed by atoms with van der Waals surface area (Å²) in [5.74, 6) is 0.548. The molecule has 0 fully saturated rings. The van der Waals surface area contributed by atoms with Gasteiger partial charge < -0.3 is 10.5 Å². The maximum absolute atomic E-state index is 5.59. The van der Waals surface area contributed by atoms with Crippen LogP contribution in [0.5, 0.6) is 5.88 Å². The lowest BCUT2D eigenvalue weighted by molar-refractivity contribution is 0.395. The second-order valence-corrected chi connectivity index (χ2v) is 2.27. The average Bonchev–Trinajstić information content (AvgIpc) is 2.05. The van der Waals surface area contributed by atoms with Crippen LogP contribution in [0.3, 0.4) is 0 Å². The summed E-state index contributed by atoms with van der Waals surface area (Å²) in [6.45, 7) is 1.86. The molecule has 0 amide bonds. The highest BCUT2D eigenvalue weighted by Gasteiger charge is 2.01. The predicted molar refractivity (Wildman–Crippen MR) is 41.2 cm³/mol. The fourth-order valence-electron chi connectivity index (χ4n) is 0.714. The first-order valence-electron chi connectivity index (χ1n) is 3.35. The Hall–Kier alpha value is -1.16. The van der Waals surface area contributed by atoms with Gasteiger partial charge >= 0.3 is 0 Å². The smallest absolute Gasteiger partial charge is 0.216 e. The van der Waals surface area contributed by atoms with Crippen LogP contribution in [-0.4, -0.2) is 17.1 Å². The summed E-state index contributed by atoms with van der Waals surface area (Å²) in [6.07, 6.45) is 1.44. The topological polar surface area (TPSA) is 61.0 Å². The van der Waals surface area contributed by atoms with Crippen molar-refractivity contribution in [3.8, 4) is 5.88 Å². The lowest BCUT2D eigenvalue weighted by Gasteiger charge is -2.04. The zero-order valence-corrected chi connectivity index (χ0v) is 6.61. The van der Waals surface area contributed by atoms with Gasteiger partial charge in [-0.15, -0.1) is 0 Å². The number of nitrogens with two attached hydrogens (primary N) is 1. The van der Waals surface area contributed by atoms with E-state index < -0.39 is 0 Å². The fraction of sp³-hybridized carbons (Fsp3) is 0.429. The third kappa shape index (κ3) is 1.88. The molecule has 0 unspecified atom stereocenters. The molecule has 2 N–H and O–H groups in total. The van der Waals surface area contributed by atoms with Gasteiger partial charge in [0.2, 0.25) is 5.88 Å². The molecule has 0 aliphatic rings. The van der Waals surface area contributed by atoms with Crippen molar-refractivity contribution >= 4 is 0 Å². The molecular formula is C7H11N3O. The zero-order chi connectivity index (χ0) is 8.27. The molecular weight excluding hydrogens is 142 g/mol. The fourth-order valence-corrected chi connectivity index (χ4v) is 0.714. The number of hydrogen-bond acceptors (Lipinski definition) is 4. The highest BCUT2D eigenvalue weighted by atomic mass is 16.5. The molecule has 0 aliphatic carbocycles. The minimum atomic E-state index is -0.0769. The van der Waals surface area contributed by atoms with E-state index in [0.717, 1.165) is 5.69 Å². The van der Waals surface area contributed by atoms with Crippen LogP contribution in [0.2, 0.25) is 0 Å². The summed E-state index contributed by atoms with van der Waals surface area (Å²) in [5, 5.41) is 0. The van der Waals surface area contributed by atoms with E-state index in [4.69, 9.17) is 10.5 Å². The molecule has 1 rings (SSSR count). The number of nitrogens with zero attached hydrogens (tertiary/aromatic N) is 2. The monoisotopic (exact) mass is 153 g/mol. The molecule has 1 atom stereocenters. The Kier molecular flexibility index (Phi) is 2.38. The predicted octanol–water partition coefficient (Wildman–Crippen LogP) is 0.505. The van der Waals surface area contributed by atoms with E-state index in [9.17, 15) is 0 Å². The third-order valence-electron chi connectivity index (χ3n) is 1.34. The van der Waals surface area contributed by atoms with Gasteiger partial charge in [-0.2, -0.15) is 0 Å². The molecule has 11 heavy (non-hydrogen) atoms. The number of methoxy groups -OCH3 is 1. The van der Waals surface area contributed by atoms with Crippen molar-refractivity contribution < 1.29 is 4.74 Å². The SMILES string of the molecule is COc1cc([C@@H](C)N)ncn1. The lowest BCUT2D eigenvalue weighted by atomic mass is 10.2. The van der Waals surface area contributed by atoms with Gasteiger partial charge in [-0.05, 0) is 6.92 Å². The minimum absolute atomic E-state index is 0.0769. The minimum Gasteiger partial charge on any atom is -0.481 e. The molecule has 0 bridgehead atoms. The Bertz CT molecular complexity index is 237. The second-order valence-electron chi connectivity index (χ2n) is 2.27. The third-order valence-corrected chi connectivity index (χ3v) is 1.34. The van der Waals surface area contributed by atoms with Crippen LogP contribution in [0.15, 0.2) is 12.4 Å². The van der Waals surface area contributed by atoms with E-state index in [1.807, 2.05) is 6.92 Å². The van der Waals surface area contributed by atoms with Gasteiger partial charge in [0, 0.05) is 12.1 Å². The molecule has 0 radical (unpaired) electrons. The Labute approximate surface area is 65.4 Å². The van der Waals surface area contributed by atoms with Gasteiger partial charge in [0.15, 0.2) is 0 Å². The van der Waals surface area contributed by atoms with Crippen LogP contribution in [0.4, 0.5) is 0 Å². The summed E-state index contributed by atoms with van der Waals surface area (Å²) in [6, 6.07) is 1.65. The van der Waals surface area contributed by atoms with Gasteiger partial charge in [0.25, 0.3) is 0 Å². The maximum Gasteiger partial charge on any atom is 0.216 e. The molecule has 4 nitrogen and oxygen atoms in total. The summed E-state index contributed by atoms with van der Waals surface area (Å²) in [4.78, 5) is 7.82. The van der Waals surface area contributed by atoms with Crippen molar-refractivity contribution in [3.05, 3.63) is 18.1 Å². The van der Waals surface area contributed by atoms with E-state index in [1.165, 1.54) is 6.33 Å². The molecule has 0 saturated carbocycles. The van der Waals surface area contributed by atoms with E-state index in [-0.39, 0.29) is 6.04 Å². The van der Waals surface area contributed by atoms with Gasteiger partial charge in [-0.3, -0.25) is 0 Å². The summed E-state index contributed by atoms with van der Waals surface area (Å²) in [5.41, 5.74) is 6.38. The Morgan fingerprint density at radius 1 is 1.55 bits per heavy atom. The molecule has 1 aromatic rings. The second kappa shape index (κ2) is 3.30. The number of hydrogen-bond donors (Lipinski definition) is 1. The van der Waals surface area contributed by atoms with Crippen LogP contribution < -0.4 is 10.5 Å². The molecule has 0 aliphatic heterocycles. The van der Waals surface area contributed by atoms with Gasteiger partial charge in [0.05, 0.1) is 12.8 Å². The van der Waals surface area contributed by atoms with Crippen LogP contribution in [0.25, 0.3) is 0 Å². The molecule has 60 valence electrons. The van der Waals surface area contributed by atoms with Gasteiger partial charge in [0.1, 0.15) is 6.33 Å². The molecule has 4 heteroatoms. The van der Waals surface area contributed by atoms with E-state index in [1.54, 1.807) is 13.2 Å². The quantitative estimate of drug-likeness (QED) is 0.672. The average molecular weight is 153 g/mol. The standard InChI is InChI=1S/C7H11N3O/c1-5(8)6-3-7(11-2)10-4-9-6/h3-5H,8H2,1-2H3/t5-/m1/s1. The number of rotatable bonds is 2. The Morgan fingerprint density at radius 2 is 2.27 bits per heavy atom. The largest absolute Gasteiger partial charge is 0.481 e. The molecule has 0 spiro atoms. The van der Waals surface area contributed by atoms with Crippen LogP contribution >= 0.6 is 0 Å². The first-order valence-corrected chi connectivity index (χ1v) is 3.35. The molecule has 1 aromatic heterocycles. The Morgan fingerprint density at radius 3 is 2.82 bits per heavy atom. The highest BCUT2D eigenvalue weighted by molar-refractivity contribution is 5.15. The van der Waals surface area contributed by atoms with Crippen molar-refractivity contribution in [3.63, 3.8) is 0 Å².